The Bertz CT molecular complexity index is 731. The summed E-state index contributed by atoms with van der Waals surface area (Å²) in [4.78, 5) is 14.8. The van der Waals surface area contributed by atoms with E-state index in [-0.39, 0.29) is 17.9 Å². The van der Waals surface area contributed by atoms with Crippen LogP contribution in [-0.4, -0.2) is 42.7 Å². The lowest BCUT2D eigenvalue weighted by Crippen LogP contribution is -2.48. The summed E-state index contributed by atoms with van der Waals surface area (Å²) in [5.74, 6) is 0.700. The minimum absolute atomic E-state index is 0.0149. The molecule has 1 aliphatic heterocycles. The van der Waals surface area contributed by atoms with E-state index in [4.69, 9.17) is 4.74 Å². The van der Waals surface area contributed by atoms with Crippen molar-refractivity contribution in [2.75, 3.05) is 26.8 Å². The van der Waals surface area contributed by atoms with Crippen molar-refractivity contribution in [1.29, 1.82) is 0 Å². The number of carbonyl (C=O) groups excluding carboxylic acids is 1. The fraction of sp³-hybridized carbons (Fsp3) is 0.409. The molecule has 0 unspecified atom stereocenters. The zero-order chi connectivity index (χ0) is 18.4. The van der Waals surface area contributed by atoms with Crippen molar-refractivity contribution in [2.24, 2.45) is 5.41 Å². The molecule has 1 N–H and O–H groups in total. The molecule has 0 radical (unpaired) electrons. The van der Waals surface area contributed by atoms with Gasteiger partial charge in [-0.05, 0) is 49.4 Å². The molecule has 1 saturated heterocycles. The summed E-state index contributed by atoms with van der Waals surface area (Å²) in [5, 5.41) is 10.1. The normalized spacial score (nSPS) is 20.0. The number of hydrogen-bond acceptors (Lipinski definition) is 3. The first kappa shape index (κ1) is 18.5. The van der Waals surface area contributed by atoms with Crippen molar-refractivity contribution in [3.63, 3.8) is 0 Å². The highest BCUT2D eigenvalue weighted by Crippen LogP contribution is 2.35. The van der Waals surface area contributed by atoms with Crippen molar-refractivity contribution < 1.29 is 14.6 Å². The Kier molecular flexibility index (Phi) is 5.94. The van der Waals surface area contributed by atoms with Crippen LogP contribution in [-0.2, 0) is 6.42 Å². The lowest BCUT2D eigenvalue weighted by atomic mass is 9.76. The minimum atomic E-state index is -0.220. The van der Waals surface area contributed by atoms with Crippen LogP contribution in [0.15, 0.2) is 54.6 Å². The average Bonchev–Trinajstić information content (AvgIpc) is 2.72. The van der Waals surface area contributed by atoms with Crippen LogP contribution >= 0.6 is 0 Å². The van der Waals surface area contributed by atoms with Crippen LogP contribution in [0, 0.1) is 5.41 Å². The Morgan fingerprint density at radius 1 is 1.19 bits per heavy atom. The van der Waals surface area contributed by atoms with Crippen LogP contribution in [0.4, 0.5) is 0 Å². The Morgan fingerprint density at radius 3 is 2.73 bits per heavy atom. The summed E-state index contributed by atoms with van der Waals surface area (Å²) in [6.07, 6.45) is 3.68. The van der Waals surface area contributed by atoms with Gasteiger partial charge in [0.15, 0.2) is 0 Å². The van der Waals surface area contributed by atoms with E-state index in [0.29, 0.717) is 17.9 Å². The Balaban J connectivity index is 1.70. The van der Waals surface area contributed by atoms with E-state index in [1.165, 1.54) is 5.56 Å². The number of aliphatic hydroxyl groups excluding tert-OH is 1. The molecule has 0 spiro atoms. The summed E-state index contributed by atoms with van der Waals surface area (Å²) in [6, 6.07) is 17.6. The first-order valence-corrected chi connectivity index (χ1v) is 9.24. The number of methoxy groups -OCH3 is 1. The van der Waals surface area contributed by atoms with Crippen molar-refractivity contribution in [2.45, 2.75) is 25.7 Å². The SMILES string of the molecule is COc1cccc(C(=O)N2CCC[C@](CO)(CCc3ccccc3)C2)c1. The number of hydrogen-bond donors (Lipinski definition) is 1. The zero-order valence-electron chi connectivity index (χ0n) is 15.4. The monoisotopic (exact) mass is 353 g/mol. The molecule has 2 aromatic rings. The van der Waals surface area contributed by atoms with Gasteiger partial charge >= 0.3 is 0 Å². The standard InChI is InChI=1S/C22H27NO3/c1-26-20-10-5-9-19(15-20)21(25)23-14-6-12-22(16-23,17-24)13-11-18-7-3-2-4-8-18/h2-5,7-10,15,24H,6,11-14,16-17H2,1H3/t22-/m0/s1. The van der Waals surface area contributed by atoms with Gasteiger partial charge < -0.3 is 14.7 Å². The maximum Gasteiger partial charge on any atom is 0.254 e. The van der Waals surface area contributed by atoms with Gasteiger partial charge in [0.2, 0.25) is 0 Å². The number of piperidine rings is 1. The number of carbonyl (C=O) groups is 1. The van der Waals surface area contributed by atoms with E-state index < -0.39 is 0 Å². The van der Waals surface area contributed by atoms with E-state index in [0.717, 1.165) is 32.2 Å². The molecule has 0 bridgehead atoms. The molecule has 1 atom stereocenters. The number of nitrogens with zero attached hydrogens (tertiary/aromatic N) is 1. The van der Waals surface area contributed by atoms with Crippen LogP contribution in [0.5, 0.6) is 5.75 Å². The number of amides is 1. The minimum Gasteiger partial charge on any atom is -0.497 e. The van der Waals surface area contributed by atoms with E-state index in [9.17, 15) is 9.90 Å². The fourth-order valence-corrected chi connectivity index (χ4v) is 3.79. The number of aryl methyl sites for hydroxylation is 1. The third-order valence-electron chi connectivity index (χ3n) is 5.39. The van der Waals surface area contributed by atoms with Gasteiger partial charge in [-0.1, -0.05) is 36.4 Å². The number of likely N-dealkylation sites (tertiary alicyclic amines) is 1. The highest BCUT2D eigenvalue weighted by Gasteiger charge is 2.36. The van der Waals surface area contributed by atoms with E-state index in [1.807, 2.05) is 41.3 Å². The predicted molar refractivity (Wildman–Crippen MR) is 102 cm³/mol. The van der Waals surface area contributed by atoms with E-state index >= 15 is 0 Å². The number of aliphatic hydroxyl groups is 1. The Morgan fingerprint density at radius 2 is 2.00 bits per heavy atom. The van der Waals surface area contributed by atoms with Crippen LogP contribution in [0.3, 0.4) is 0 Å². The van der Waals surface area contributed by atoms with Crippen LogP contribution in [0.1, 0.15) is 35.2 Å². The number of benzene rings is 2. The second kappa shape index (κ2) is 8.37. The van der Waals surface area contributed by atoms with Gasteiger partial charge in [-0.2, -0.15) is 0 Å². The molecule has 4 nitrogen and oxygen atoms in total. The van der Waals surface area contributed by atoms with Gasteiger partial charge in [-0.15, -0.1) is 0 Å². The second-order valence-corrected chi connectivity index (χ2v) is 7.21. The van der Waals surface area contributed by atoms with Crippen LogP contribution < -0.4 is 4.74 Å². The molecule has 0 aliphatic carbocycles. The maximum absolute atomic E-state index is 12.9. The summed E-state index contributed by atoms with van der Waals surface area (Å²) in [7, 11) is 1.60. The molecular formula is C22H27NO3. The summed E-state index contributed by atoms with van der Waals surface area (Å²) < 4.78 is 5.23. The molecule has 1 fully saturated rings. The molecule has 0 saturated carbocycles. The van der Waals surface area contributed by atoms with E-state index in [1.54, 1.807) is 13.2 Å². The second-order valence-electron chi connectivity index (χ2n) is 7.21. The molecule has 26 heavy (non-hydrogen) atoms. The van der Waals surface area contributed by atoms with Gasteiger partial charge in [-0.25, -0.2) is 0 Å². The number of ether oxygens (including phenoxy) is 1. The summed E-state index contributed by atoms with van der Waals surface area (Å²) >= 11 is 0. The zero-order valence-corrected chi connectivity index (χ0v) is 15.4. The fourth-order valence-electron chi connectivity index (χ4n) is 3.79. The molecule has 1 aliphatic rings. The molecular weight excluding hydrogens is 326 g/mol. The molecule has 0 aromatic heterocycles. The molecule has 4 heteroatoms. The smallest absolute Gasteiger partial charge is 0.254 e. The van der Waals surface area contributed by atoms with Crippen molar-refractivity contribution >= 4 is 5.91 Å². The quantitative estimate of drug-likeness (QED) is 0.864. The third-order valence-corrected chi connectivity index (χ3v) is 5.39. The van der Waals surface area contributed by atoms with Gasteiger partial charge in [-0.3, -0.25) is 4.79 Å². The summed E-state index contributed by atoms with van der Waals surface area (Å²) in [5.41, 5.74) is 1.69. The van der Waals surface area contributed by atoms with Crippen LogP contribution in [0.25, 0.3) is 0 Å². The number of rotatable bonds is 6. The maximum atomic E-state index is 12.9. The highest BCUT2D eigenvalue weighted by atomic mass is 16.5. The largest absolute Gasteiger partial charge is 0.497 e. The predicted octanol–water partition coefficient (Wildman–Crippen LogP) is 3.54. The van der Waals surface area contributed by atoms with Gasteiger partial charge in [0.05, 0.1) is 13.7 Å². The van der Waals surface area contributed by atoms with Crippen LogP contribution in [0.2, 0.25) is 0 Å². The Hall–Kier alpha value is -2.33. The topological polar surface area (TPSA) is 49.8 Å². The molecule has 1 amide bonds. The van der Waals surface area contributed by atoms with Gasteiger partial charge in [0.25, 0.3) is 5.91 Å². The molecule has 1 heterocycles. The lowest BCUT2D eigenvalue weighted by Gasteiger charge is -2.42. The first-order chi connectivity index (χ1) is 12.7. The van der Waals surface area contributed by atoms with Crippen molar-refractivity contribution in [1.82, 2.24) is 4.90 Å². The highest BCUT2D eigenvalue weighted by molar-refractivity contribution is 5.94. The van der Waals surface area contributed by atoms with Crippen molar-refractivity contribution in [3.05, 3.63) is 65.7 Å². The molecule has 3 rings (SSSR count). The van der Waals surface area contributed by atoms with Crippen molar-refractivity contribution in [3.8, 4) is 5.75 Å². The summed E-state index contributed by atoms with van der Waals surface area (Å²) in [6.45, 7) is 1.46. The lowest BCUT2D eigenvalue weighted by molar-refractivity contribution is 0.0228. The third kappa shape index (κ3) is 4.25. The molecule has 138 valence electrons. The van der Waals surface area contributed by atoms with Gasteiger partial charge in [0.1, 0.15) is 5.75 Å². The van der Waals surface area contributed by atoms with Gasteiger partial charge in [0, 0.05) is 24.1 Å². The van der Waals surface area contributed by atoms with E-state index in [2.05, 4.69) is 12.1 Å². The Labute approximate surface area is 155 Å². The first-order valence-electron chi connectivity index (χ1n) is 9.24. The molecule has 2 aromatic carbocycles. The average molecular weight is 353 g/mol.